The third-order valence-corrected chi connectivity index (χ3v) is 4.73. The van der Waals surface area contributed by atoms with E-state index in [1.807, 2.05) is 11.8 Å². The highest BCUT2D eigenvalue weighted by atomic mass is 32.2. The first-order valence-corrected chi connectivity index (χ1v) is 7.59. The molecule has 3 nitrogen and oxygen atoms in total. The summed E-state index contributed by atoms with van der Waals surface area (Å²) < 4.78 is 0. The Morgan fingerprint density at radius 2 is 2.31 bits per heavy atom. The van der Waals surface area contributed by atoms with Crippen LogP contribution in [0, 0.1) is 11.8 Å². The van der Waals surface area contributed by atoms with Gasteiger partial charge in [0.1, 0.15) is 6.04 Å². The van der Waals surface area contributed by atoms with Crippen LogP contribution in [-0.2, 0) is 4.79 Å². The lowest BCUT2D eigenvalue weighted by molar-refractivity contribution is -0.143. The van der Waals surface area contributed by atoms with Gasteiger partial charge in [-0.1, -0.05) is 6.42 Å². The van der Waals surface area contributed by atoms with E-state index in [0.29, 0.717) is 11.8 Å². The Bertz CT molecular complexity index is 259. The molecule has 2 aliphatic rings. The molecule has 0 aromatic rings. The van der Waals surface area contributed by atoms with Crippen LogP contribution in [0.1, 0.15) is 25.7 Å². The lowest BCUT2D eigenvalue weighted by atomic mass is 9.94. The maximum Gasteiger partial charge on any atom is 0.321 e. The molecule has 92 valence electrons. The summed E-state index contributed by atoms with van der Waals surface area (Å²) in [6, 6.07) is -0.186. The largest absolute Gasteiger partial charge is 0.480 e. The molecule has 0 aromatic heterocycles. The molecule has 1 heterocycles. The molecule has 1 saturated heterocycles. The molecule has 0 amide bonds. The zero-order valence-electron chi connectivity index (χ0n) is 9.89. The average molecular weight is 243 g/mol. The fraction of sp³-hybridized carbons (Fsp3) is 0.917. The fourth-order valence-electron chi connectivity index (χ4n) is 3.38. The van der Waals surface area contributed by atoms with Gasteiger partial charge in [0, 0.05) is 6.54 Å². The molecule has 0 bridgehead atoms. The van der Waals surface area contributed by atoms with Crippen LogP contribution in [0.2, 0.25) is 0 Å². The van der Waals surface area contributed by atoms with E-state index in [9.17, 15) is 9.90 Å². The van der Waals surface area contributed by atoms with Gasteiger partial charge in [-0.25, -0.2) is 0 Å². The van der Waals surface area contributed by atoms with Crippen LogP contribution in [0.3, 0.4) is 0 Å². The average Bonchev–Trinajstić information content (AvgIpc) is 2.76. The molecule has 2 rings (SSSR count). The zero-order chi connectivity index (χ0) is 11.5. The summed E-state index contributed by atoms with van der Waals surface area (Å²) in [6.45, 7) is 1.99. The van der Waals surface area contributed by atoms with E-state index in [1.54, 1.807) is 0 Å². The number of carboxylic acid groups (broad SMARTS) is 1. The van der Waals surface area contributed by atoms with E-state index >= 15 is 0 Å². The molecule has 3 atom stereocenters. The summed E-state index contributed by atoms with van der Waals surface area (Å²) >= 11 is 1.84. The van der Waals surface area contributed by atoms with Gasteiger partial charge in [0.25, 0.3) is 0 Å². The molecule has 1 saturated carbocycles. The Labute approximate surface area is 102 Å². The molecule has 16 heavy (non-hydrogen) atoms. The predicted octanol–water partition coefficient (Wildman–Crippen LogP) is 1.92. The van der Waals surface area contributed by atoms with Crippen LogP contribution >= 0.6 is 11.8 Å². The Morgan fingerprint density at radius 1 is 1.50 bits per heavy atom. The molecule has 1 aliphatic heterocycles. The molecule has 4 heteroatoms. The third kappa shape index (κ3) is 2.38. The second-order valence-corrected chi connectivity index (χ2v) is 5.96. The van der Waals surface area contributed by atoms with Crippen molar-refractivity contribution in [2.24, 2.45) is 11.8 Å². The minimum Gasteiger partial charge on any atom is -0.480 e. The Hall–Kier alpha value is -0.220. The molecule has 2 fully saturated rings. The number of aliphatic carboxylic acids is 1. The lowest BCUT2D eigenvalue weighted by Gasteiger charge is -2.23. The summed E-state index contributed by atoms with van der Waals surface area (Å²) in [6.07, 6.45) is 6.82. The van der Waals surface area contributed by atoms with E-state index in [-0.39, 0.29) is 6.04 Å². The van der Waals surface area contributed by atoms with Crippen LogP contribution in [0.15, 0.2) is 0 Å². The van der Waals surface area contributed by atoms with Gasteiger partial charge < -0.3 is 5.11 Å². The van der Waals surface area contributed by atoms with Gasteiger partial charge in [-0.05, 0) is 49.7 Å². The molecule has 0 aromatic carbocycles. The molecule has 1 N–H and O–H groups in total. The SMILES string of the molecule is CSCCCN1CC2CCCC2C1C(=O)O. The highest BCUT2D eigenvalue weighted by Crippen LogP contribution is 2.42. The van der Waals surface area contributed by atoms with Crippen molar-refractivity contribution in [1.29, 1.82) is 0 Å². The summed E-state index contributed by atoms with van der Waals surface area (Å²) in [4.78, 5) is 13.6. The first kappa shape index (κ1) is 12.2. The van der Waals surface area contributed by atoms with E-state index in [1.165, 1.54) is 12.8 Å². The van der Waals surface area contributed by atoms with E-state index in [4.69, 9.17) is 0 Å². The molecule has 1 aliphatic carbocycles. The fourth-order valence-corrected chi connectivity index (χ4v) is 3.79. The van der Waals surface area contributed by atoms with Crippen molar-refractivity contribution in [2.45, 2.75) is 31.7 Å². The Balaban J connectivity index is 1.94. The van der Waals surface area contributed by atoms with Gasteiger partial charge in [0.15, 0.2) is 0 Å². The smallest absolute Gasteiger partial charge is 0.321 e. The topological polar surface area (TPSA) is 40.5 Å². The minimum absolute atomic E-state index is 0.186. The number of likely N-dealkylation sites (tertiary alicyclic amines) is 1. The first-order valence-electron chi connectivity index (χ1n) is 6.20. The van der Waals surface area contributed by atoms with Gasteiger partial charge in [-0.2, -0.15) is 11.8 Å². The van der Waals surface area contributed by atoms with Gasteiger partial charge in [0.05, 0.1) is 0 Å². The van der Waals surface area contributed by atoms with Crippen molar-refractivity contribution in [2.75, 3.05) is 25.1 Å². The number of nitrogens with zero attached hydrogens (tertiary/aromatic N) is 1. The van der Waals surface area contributed by atoms with E-state index in [0.717, 1.165) is 31.7 Å². The molecule has 0 radical (unpaired) electrons. The third-order valence-electron chi connectivity index (χ3n) is 4.03. The number of hydrogen-bond donors (Lipinski definition) is 1. The zero-order valence-corrected chi connectivity index (χ0v) is 10.7. The maximum absolute atomic E-state index is 11.3. The quantitative estimate of drug-likeness (QED) is 0.749. The summed E-state index contributed by atoms with van der Waals surface area (Å²) in [5.74, 6) is 1.64. The molecule has 0 spiro atoms. The van der Waals surface area contributed by atoms with Crippen LogP contribution in [0.25, 0.3) is 0 Å². The molecular weight excluding hydrogens is 222 g/mol. The number of rotatable bonds is 5. The predicted molar refractivity (Wildman–Crippen MR) is 66.8 cm³/mol. The molecular formula is C12H21NO2S. The maximum atomic E-state index is 11.3. The van der Waals surface area contributed by atoms with Crippen LogP contribution in [-0.4, -0.2) is 47.1 Å². The van der Waals surface area contributed by atoms with Crippen molar-refractivity contribution in [1.82, 2.24) is 4.90 Å². The number of fused-ring (bicyclic) bond motifs is 1. The molecule has 3 unspecified atom stereocenters. The van der Waals surface area contributed by atoms with E-state index in [2.05, 4.69) is 11.2 Å². The lowest BCUT2D eigenvalue weighted by Crippen LogP contribution is -2.40. The van der Waals surface area contributed by atoms with Crippen molar-refractivity contribution in [3.05, 3.63) is 0 Å². The van der Waals surface area contributed by atoms with Gasteiger partial charge in [-0.15, -0.1) is 0 Å². The van der Waals surface area contributed by atoms with E-state index < -0.39 is 5.97 Å². The van der Waals surface area contributed by atoms with Crippen LogP contribution < -0.4 is 0 Å². The van der Waals surface area contributed by atoms with Gasteiger partial charge >= 0.3 is 5.97 Å². The number of carbonyl (C=O) groups is 1. The number of hydrogen-bond acceptors (Lipinski definition) is 3. The summed E-state index contributed by atoms with van der Waals surface area (Å²) in [7, 11) is 0. The normalized spacial score (nSPS) is 34.2. The van der Waals surface area contributed by atoms with Gasteiger partial charge in [-0.3, -0.25) is 9.69 Å². The Kier molecular flexibility index (Phi) is 4.14. The second-order valence-electron chi connectivity index (χ2n) is 4.98. The summed E-state index contributed by atoms with van der Waals surface area (Å²) in [5.41, 5.74) is 0. The monoisotopic (exact) mass is 243 g/mol. The standard InChI is InChI=1S/C12H21NO2S/c1-16-7-3-6-13-8-9-4-2-5-10(9)11(13)12(14)15/h9-11H,2-8H2,1H3,(H,14,15). The van der Waals surface area contributed by atoms with Crippen LogP contribution in [0.5, 0.6) is 0 Å². The highest BCUT2D eigenvalue weighted by Gasteiger charge is 2.47. The number of thioether (sulfide) groups is 1. The number of carboxylic acids is 1. The minimum atomic E-state index is -0.599. The van der Waals surface area contributed by atoms with Crippen molar-refractivity contribution in [3.8, 4) is 0 Å². The first-order chi connectivity index (χ1) is 7.74. The summed E-state index contributed by atoms with van der Waals surface area (Å²) in [5, 5.41) is 9.34. The van der Waals surface area contributed by atoms with Crippen molar-refractivity contribution >= 4 is 17.7 Å². The Morgan fingerprint density at radius 3 is 3.00 bits per heavy atom. The van der Waals surface area contributed by atoms with Crippen molar-refractivity contribution in [3.63, 3.8) is 0 Å². The van der Waals surface area contributed by atoms with Gasteiger partial charge in [0.2, 0.25) is 0 Å². The second kappa shape index (κ2) is 5.41. The van der Waals surface area contributed by atoms with Crippen LogP contribution in [0.4, 0.5) is 0 Å². The van der Waals surface area contributed by atoms with Crippen molar-refractivity contribution < 1.29 is 9.90 Å². The highest BCUT2D eigenvalue weighted by molar-refractivity contribution is 7.98.